The smallest absolute Gasteiger partial charge is 0.386 e. The molecule has 1 aromatic rings. The Kier molecular flexibility index (Phi) is 5.27. The second-order valence-electron chi connectivity index (χ2n) is 9.21. The van der Waals surface area contributed by atoms with Crippen LogP contribution >= 0.6 is 0 Å². The molecule has 3 aliphatic rings. The number of alkyl halides is 5. The molecule has 0 radical (unpaired) electrons. The molecule has 3 fully saturated rings. The quantitative estimate of drug-likeness (QED) is 0.460. The van der Waals surface area contributed by atoms with Gasteiger partial charge in [0.1, 0.15) is 5.82 Å². The van der Waals surface area contributed by atoms with E-state index in [4.69, 9.17) is 11.1 Å². The molecule has 0 unspecified atom stereocenters. The Hall–Kier alpha value is -2.23. The zero-order valence-corrected chi connectivity index (χ0v) is 17.3. The minimum atomic E-state index is -4.65. The van der Waals surface area contributed by atoms with Crippen LogP contribution in [0.4, 0.5) is 27.8 Å². The van der Waals surface area contributed by atoms with Crippen molar-refractivity contribution >= 4 is 11.5 Å². The number of nitrogens with two attached hydrogens (primary N) is 1. The zero-order chi connectivity index (χ0) is 22.7. The minimum Gasteiger partial charge on any atom is -0.386 e. The average Bonchev–Trinajstić information content (AvgIpc) is 3.11. The molecule has 1 saturated heterocycles. The molecule has 10 heteroatoms. The third kappa shape index (κ3) is 4.40. The number of rotatable bonds is 6. The highest BCUT2D eigenvalue weighted by Gasteiger charge is 2.60. The molecule has 4 N–H and O–H groups in total. The Bertz CT molecular complexity index is 890. The molecule has 1 aromatic heterocycles. The number of nitrogens with zero attached hydrogens (tertiary/aromatic N) is 2. The maximum Gasteiger partial charge on any atom is 0.419 e. The second-order valence-corrected chi connectivity index (χ2v) is 9.21. The number of nitrogen functional groups attached to an aromatic ring is 1. The van der Waals surface area contributed by atoms with Crippen molar-refractivity contribution in [2.75, 3.05) is 18.8 Å². The van der Waals surface area contributed by atoms with Gasteiger partial charge in [-0.2, -0.15) is 13.2 Å². The summed E-state index contributed by atoms with van der Waals surface area (Å²) in [6.45, 7) is 3.55. The summed E-state index contributed by atoms with van der Waals surface area (Å²) in [4.78, 5) is 5.45. The van der Waals surface area contributed by atoms with E-state index < -0.39 is 23.5 Å². The highest BCUT2D eigenvalue weighted by Crippen LogP contribution is 2.61. The number of nitrogens with one attached hydrogen (secondary N) is 2. The van der Waals surface area contributed by atoms with E-state index >= 15 is 0 Å². The van der Waals surface area contributed by atoms with E-state index in [2.05, 4.69) is 10.3 Å². The lowest BCUT2D eigenvalue weighted by atomic mass is 9.98. The fraction of sp³-hybridized carbons (Fsp3) is 0.619. The molecule has 0 amide bonds. The highest BCUT2D eigenvalue weighted by molar-refractivity contribution is 6.07. The largest absolute Gasteiger partial charge is 0.419 e. The van der Waals surface area contributed by atoms with Crippen LogP contribution < -0.4 is 11.1 Å². The van der Waals surface area contributed by atoms with Gasteiger partial charge >= 0.3 is 6.18 Å². The van der Waals surface area contributed by atoms with E-state index in [1.165, 1.54) is 6.20 Å². The monoisotopic (exact) mass is 443 g/mol. The molecule has 0 aromatic carbocycles. The maximum atomic E-state index is 13.2. The van der Waals surface area contributed by atoms with Gasteiger partial charge in [-0.15, -0.1) is 0 Å². The molecule has 2 heterocycles. The van der Waals surface area contributed by atoms with Gasteiger partial charge in [-0.1, -0.05) is 0 Å². The van der Waals surface area contributed by atoms with Crippen LogP contribution in [0.3, 0.4) is 0 Å². The van der Waals surface area contributed by atoms with Gasteiger partial charge in [0.25, 0.3) is 5.92 Å². The summed E-state index contributed by atoms with van der Waals surface area (Å²) in [5, 5.41) is 11.7. The number of hydrogen-bond donors (Lipinski definition) is 3. The molecule has 0 spiro atoms. The summed E-state index contributed by atoms with van der Waals surface area (Å²) in [5.74, 6) is -2.33. The van der Waals surface area contributed by atoms with Crippen LogP contribution in [0, 0.1) is 23.2 Å². The SMILES string of the molecule is CC(C)N/C(=C\C(=N)c1cnc(N)c(C(F)(F)F)c1)[C@H]1[C@@H]2C[C@H](N3CC(F)(F)C3)C[C@@H]21. The Morgan fingerprint density at radius 1 is 1.29 bits per heavy atom. The molecule has 2 saturated carbocycles. The molecule has 170 valence electrons. The lowest BCUT2D eigenvalue weighted by molar-refractivity contribution is -0.146. The predicted octanol–water partition coefficient (Wildman–Crippen LogP) is 3.91. The van der Waals surface area contributed by atoms with Gasteiger partial charge in [0.05, 0.1) is 24.4 Å². The zero-order valence-electron chi connectivity index (χ0n) is 17.3. The standard InChI is InChI=1S/C21H26F5N5/c1-10(2)30-17(6-16(27)11-3-15(21(24,25)26)19(28)29-7-11)18-13-4-12(5-14(13)18)31-8-20(22,23)9-31/h3,6-7,10,12-14,18,27,30H,4-5,8-9H2,1-2H3,(H2,28,29)/b17-6-,27-16?/t12-,13+,14-,18-. The summed E-state index contributed by atoms with van der Waals surface area (Å²) in [6.07, 6.45) is -0.241. The molecule has 5 nitrogen and oxygen atoms in total. The third-order valence-electron chi connectivity index (χ3n) is 6.45. The summed E-state index contributed by atoms with van der Waals surface area (Å²) < 4.78 is 65.7. The Morgan fingerprint density at radius 2 is 1.90 bits per heavy atom. The molecule has 1 aliphatic heterocycles. The van der Waals surface area contributed by atoms with Gasteiger partial charge in [0.2, 0.25) is 0 Å². The molecule has 0 bridgehead atoms. The third-order valence-corrected chi connectivity index (χ3v) is 6.45. The topological polar surface area (TPSA) is 78.0 Å². The summed E-state index contributed by atoms with van der Waals surface area (Å²) >= 11 is 0. The fourth-order valence-corrected chi connectivity index (χ4v) is 5.03. The molecule has 2 aliphatic carbocycles. The predicted molar refractivity (Wildman–Crippen MR) is 107 cm³/mol. The van der Waals surface area contributed by atoms with Crippen molar-refractivity contribution in [1.29, 1.82) is 5.41 Å². The summed E-state index contributed by atoms with van der Waals surface area (Å²) in [5.41, 5.74) is 5.07. The summed E-state index contributed by atoms with van der Waals surface area (Å²) in [6, 6.07) is 1.10. The second kappa shape index (κ2) is 7.43. The maximum absolute atomic E-state index is 13.2. The van der Waals surface area contributed by atoms with Crippen molar-refractivity contribution < 1.29 is 22.0 Å². The van der Waals surface area contributed by atoms with Crippen LogP contribution in [-0.2, 0) is 6.18 Å². The molecule has 31 heavy (non-hydrogen) atoms. The number of allylic oxidation sites excluding steroid dienone is 2. The van der Waals surface area contributed by atoms with Gasteiger partial charge in [-0.05, 0) is 50.7 Å². The molecular weight excluding hydrogens is 417 g/mol. The van der Waals surface area contributed by atoms with Gasteiger partial charge in [-0.3, -0.25) is 4.90 Å². The van der Waals surface area contributed by atoms with E-state index in [9.17, 15) is 22.0 Å². The van der Waals surface area contributed by atoms with Crippen LogP contribution in [0.25, 0.3) is 0 Å². The Labute approximate surface area is 177 Å². The first-order valence-corrected chi connectivity index (χ1v) is 10.4. The van der Waals surface area contributed by atoms with Crippen molar-refractivity contribution in [3.8, 4) is 0 Å². The van der Waals surface area contributed by atoms with Gasteiger partial charge in [-0.25, -0.2) is 13.8 Å². The molecule has 4 atom stereocenters. The van der Waals surface area contributed by atoms with Crippen LogP contribution in [0.1, 0.15) is 37.8 Å². The number of halogens is 5. The Morgan fingerprint density at radius 3 is 2.42 bits per heavy atom. The van der Waals surface area contributed by atoms with Crippen molar-refractivity contribution in [1.82, 2.24) is 15.2 Å². The van der Waals surface area contributed by atoms with Crippen LogP contribution in [0.5, 0.6) is 0 Å². The Balaban J connectivity index is 1.48. The van der Waals surface area contributed by atoms with Crippen molar-refractivity contribution in [3.63, 3.8) is 0 Å². The van der Waals surface area contributed by atoms with Gasteiger partial charge in [0, 0.05) is 35.5 Å². The van der Waals surface area contributed by atoms with E-state index in [0.29, 0.717) is 11.8 Å². The van der Waals surface area contributed by atoms with Crippen molar-refractivity contribution in [2.24, 2.45) is 17.8 Å². The van der Waals surface area contributed by atoms with Gasteiger partial charge < -0.3 is 16.5 Å². The number of anilines is 1. The minimum absolute atomic E-state index is 0.0380. The van der Waals surface area contributed by atoms with Crippen LogP contribution in [0.15, 0.2) is 24.0 Å². The van der Waals surface area contributed by atoms with Crippen LogP contribution in [-0.4, -0.2) is 46.7 Å². The molecular formula is C21H26F5N5. The van der Waals surface area contributed by atoms with E-state index in [0.717, 1.165) is 24.6 Å². The first-order valence-electron chi connectivity index (χ1n) is 10.4. The fourth-order valence-electron chi connectivity index (χ4n) is 5.03. The number of hydrogen-bond acceptors (Lipinski definition) is 5. The first kappa shape index (κ1) is 22.0. The number of pyridine rings is 1. The summed E-state index contributed by atoms with van der Waals surface area (Å²) in [7, 11) is 0. The van der Waals surface area contributed by atoms with Crippen molar-refractivity contribution in [3.05, 3.63) is 35.2 Å². The van der Waals surface area contributed by atoms with Crippen molar-refractivity contribution in [2.45, 2.75) is 50.9 Å². The van der Waals surface area contributed by atoms with E-state index in [-0.39, 0.29) is 42.4 Å². The number of aromatic nitrogens is 1. The normalized spacial score (nSPS) is 30.1. The van der Waals surface area contributed by atoms with E-state index in [1.807, 2.05) is 18.7 Å². The van der Waals surface area contributed by atoms with Crippen LogP contribution in [0.2, 0.25) is 0 Å². The van der Waals surface area contributed by atoms with E-state index in [1.54, 1.807) is 6.08 Å². The average molecular weight is 443 g/mol. The lowest BCUT2D eigenvalue weighted by Gasteiger charge is -2.43. The number of fused-ring (bicyclic) bond motifs is 1. The molecule has 4 rings (SSSR count). The first-order chi connectivity index (χ1) is 14.4. The lowest BCUT2D eigenvalue weighted by Crippen LogP contribution is -2.59. The van der Waals surface area contributed by atoms with Gasteiger partial charge in [0.15, 0.2) is 0 Å². The number of likely N-dealkylation sites (tertiary alicyclic amines) is 1. The highest BCUT2D eigenvalue weighted by atomic mass is 19.4.